The van der Waals surface area contributed by atoms with Crippen LogP contribution in [0.4, 0.5) is 0 Å². The molecule has 2 aliphatic carbocycles. The number of aliphatic carboxylic acids is 4. The van der Waals surface area contributed by atoms with E-state index in [4.69, 9.17) is 10.2 Å². The molecule has 2 fully saturated rings. The van der Waals surface area contributed by atoms with Gasteiger partial charge in [0.05, 0.1) is 23.7 Å². The van der Waals surface area contributed by atoms with Gasteiger partial charge in [0.2, 0.25) is 0 Å². The van der Waals surface area contributed by atoms with E-state index in [-0.39, 0.29) is 25.7 Å². The zero-order chi connectivity index (χ0) is 16.6. The number of carbonyl (C=O) groups is 4. The van der Waals surface area contributed by atoms with Crippen molar-refractivity contribution in [3.63, 3.8) is 0 Å². The van der Waals surface area contributed by atoms with Gasteiger partial charge in [0.25, 0.3) is 0 Å². The van der Waals surface area contributed by atoms with E-state index >= 15 is 0 Å². The summed E-state index contributed by atoms with van der Waals surface area (Å²) in [6.45, 7) is 0. The van der Waals surface area contributed by atoms with E-state index in [9.17, 15) is 29.4 Å². The third-order valence-corrected chi connectivity index (χ3v) is 5.06. The number of hydrogen-bond donors (Lipinski definition) is 4. The second-order valence-electron chi connectivity index (χ2n) is 6.24. The Morgan fingerprint density at radius 2 is 0.955 bits per heavy atom. The van der Waals surface area contributed by atoms with E-state index in [1.807, 2.05) is 0 Å². The number of carboxylic acids is 4. The maximum absolute atomic E-state index is 11.5. The topological polar surface area (TPSA) is 149 Å². The van der Waals surface area contributed by atoms with Crippen molar-refractivity contribution in [1.82, 2.24) is 0 Å². The highest BCUT2D eigenvalue weighted by Crippen LogP contribution is 2.50. The highest BCUT2D eigenvalue weighted by Gasteiger charge is 2.53. The molecule has 2 saturated carbocycles. The van der Waals surface area contributed by atoms with Crippen molar-refractivity contribution in [1.29, 1.82) is 0 Å². The number of fused-ring (bicyclic) bond motifs is 1. The van der Waals surface area contributed by atoms with Crippen LogP contribution in [-0.2, 0) is 19.2 Å². The van der Waals surface area contributed by atoms with Crippen LogP contribution in [0, 0.1) is 35.5 Å². The van der Waals surface area contributed by atoms with Gasteiger partial charge in [-0.1, -0.05) is 0 Å². The quantitative estimate of drug-likeness (QED) is 0.589. The molecule has 4 N–H and O–H groups in total. The largest absolute Gasteiger partial charge is 0.481 e. The summed E-state index contributed by atoms with van der Waals surface area (Å²) in [7, 11) is 0. The van der Waals surface area contributed by atoms with Gasteiger partial charge in [-0.2, -0.15) is 0 Å². The summed E-state index contributed by atoms with van der Waals surface area (Å²) >= 11 is 0. The minimum Gasteiger partial charge on any atom is -0.481 e. The molecule has 0 aromatic rings. The average Bonchev–Trinajstić information content (AvgIpc) is 2.43. The van der Waals surface area contributed by atoms with Crippen molar-refractivity contribution in [3.8, 4) is 0 Å². The van der Waals surface area contributed by atoms with Gasteiger partial charge < -0.3 is 20.4 Å². The molecule has 4 atom stereocenters. The molecular formula is C14H18O8. The Labute approximate surface area is 125 Å². The highest BCUT2D eigenvalue weighted by molar-refractivity contribution is 5.78. The second-order valence-corrected chi connectivity index (χ2v) is 6.24. The van der Waals surface area contributed by atoms with Crippen molar-refractivity contribution >= 4 is 23.9 Å². The summed E-state index contributed by atoms with van der Waals surface area (Å²) in [5.74, 6) is -9.72. The molecular weight excluding hydrogens is 296 g/mol. The third-order valence-electron chi connectivity index (χ3n) is 5.06. The van der Waals surface area contributed by atoms with Crippen molar-refractivity contribution in [2.24, 2.45) is 35.5 Å². The van der Waals surface area contributed by atoms with Crippen molar-refractivity contribution in [3.05, 3.63) is 0 Å². The summed E-state index contributed by atoms with van der Waals surface area (Å²) in [5.41, 5.74) is 0. The highest BCUT2D eigenvalue weighted by atomic mass is 16.4. The average molecular weight is 314 g/mol. The van der Waals surface area contributed by atoms with Crippen LogP contribution >= 0.6 is 0 Å². The standard InChI is InChI=1S/C14H18O8/c15-11(16)6-1-5-2-7(12(17)18)4-9(14(21)22)10(5)8(3-6)13(19)20/h5-10H,1-4H2,(H,15,16)(H,17,18)(H,19,20)(H,21,22). The van der Waals surface area contributed by atoms with Gasteiger partial charge in [0.1, 0.15) is 0 Å². The maximum Gasteiger partial charge on any atom is 0.306 e. The maximum atomic E-state index is 11.5. The van der Waals surface area contributed by atoms with Crippen LogP contribution < -0.4 is 0 Å². The molecule has 22 heavy (non-hydrogen) atoms. The molecule has 2 aliphatic rings. The van der Waals surface area contributed by atoms with E-state index < -0.39 is 59.4 Å². The molecule has 0 heterocycles. The fourth-order valence-electron chi connectivity index (χ4n) is 4.13. The van der Waals surface area contributed by atoms with E-state index in [1.54, 1.807) is 0 Å². The van der Waals surface area contributed by atoms with Crippen LogP contribution in [-0.4, -0.2) is 44.3 Å². The van der Waals surface area contributed by atoms with Crippen LogP contribution in [0.5, 0.6) is 0 Å². The van der Waals surface area contributed by atoms with Gasteiger partial charge in [-0.15, -0.1) is 0 Å². The first-order valence-electron chi connectivity index (χ1n) is 7.13. The molecule has 0 amide bonds. The normalized spacial score (nSPS) is 37.8. The molecule has 0 aromatic carbocycles. The summed E-state index contributed by atoms with van der Waals surface area (Å²) < 4.78 is 0. The molecule has 8 heteroatoms. The fraction of sp³-hybridized carbons (Fsp3) is 0.714. The third kappa shape index (κ3) is 2.90. The van der Waals surface area contributed by atoms with Gasteiger partial charge in [-0.25, -0.2) is 0 Å². The Morgan fingerprint density at radius 3 is 1.23 bits per heavy atom. The second kappa shape index (κ2) is 5.94. The molecule has 2 rings (SSSR count). The van der Waals surface area contributed by atoms with Crippen LogP contribution in [0.15, 0.2) is 0 Å². The zero-order valence-corrected chi connectivity index (χ0v) is 11.7. The predicted octanol–water partition coefficient (Wildman–Crippen LogP) is 0.610. The van der Waals surface area contributed by atoms with Gasteiger partial charge in [-0.05, 0) is 37.5 Å². The SMILES string of the molecule is O=C(O)C1CC2CC(C(=O)O)CC(C(=O)O)C2C(C(=O)O)C1. The Bertz CT molecular complexity index is 469. The molecule has 0 aromatic heterocycles. The Kier molecular flexibility index (Phi) is 4.39. The smallest absolute Gasteiger partial charge is 0.306 e. The van der Waals surface area contributed by atoms with E-state index in [0.29, 0.717) is 0 Å². The van der Waals surface area contributed by atoms with Gasteiger partial charge in [-0.3, -0.25) is 19.2 Å². The van der Waals surface area contributed by atoms with E-state index in [1.165, 1.54) is 0 Å². The van der Waals surface area contributed by atoms with Gasteiger partial charge in [0, 0.05) is 0 Å². The summed E-state index contributed by atoms with van der Waals surface area (Å²) in [5, 5.41) is 37.0. The Morgan fingerprint density at radius 1 is 0.591 bits per heavy atom. The lowest BCUT2D eigenvalue weighted by atomic mass is 9.56. The predicted molar refractivity (Wildman–Crippen MR) is 70.0 cm³/mol. The van der Waals surface area contributed by atoms with Gasteiger partial charge >= 0.3 is 23.9 Å². The van der Waals surface area contributed by atoms with Crippen molar-refractivity contribution in [2.45, 2.75) is 25.7 Å². The number of carboxylic acid groups (broad SMARTS) is 4. The molecule has 0 spiro atoms. The van der Waals surface area contributed by atoms with E-state index in [2.05, 4.69) is 0 Å². The first kappa shape index (κ1) is 16.3. The number of rotatable bonds is 4. The lowest BCUT2D eigenvalue weighted by molar-refractivity contribution is -0.164. The lowest BCUT2D eigenvalue weighted by Gasteiger charge is -2.46. The number of hydrogen-bond acceptors (Lipinski definition) is 4. The molecule has 0 saturated heterocycles. The first-order chi connectivity index (χ1) is 10.2. The molecule has 0 bridgehead atoms. The summed E-state index contributed by atoms with van der Waals surface area (Å²) in [6.07, 6.45) is 0.0649. The summed E-state index contributed by atoms with van der Waals surface area (Å²) in [4.78, 5) is 45.3. The Hall–Kier alpha value is -2.12. The van der Waals surface area contributed by atoms with Crippen LogP contribution in [0.25, 0.3) is 0 Å². The van der Waals surface area contributed by atoms with Crippen molar-refractivity contribution in [2.75, 3.05) is 0 Å². The fourth-order valence-corrected chi connectivity index (χ4v) is 4.13. The molecule has 0 aliphatic heterocycles. The van der Waals surface area contributed by atoms with Crippen LogP contribution in [0.1, 0.15) is 25.7 Å². The molecule has 0 radical (unpaired) electrons. The Balaban J connectivity index is 2.36. The molecule has 8 nitrogen and oxygen atoms in total. The van der Waals surface area contributed by atoms with Crippen molar-refractivity contribution < 1.29 is 39.6 Å². The first-order valence-corrected chi connectivity index (χ1v) is 7.13. The molecule has 122 valence electrons. The van der Waals surface area contributed by atoms with Crippen LogP contribution in [0.3, 0.4) is 0 Å². The summed E-state index contributed by atoms with van der Waals surface area (Å²) in [6, 6.07) is 0. The van der Waals surface area contributed by atoms with E-state index in [0.717, 1.165) is 0 Å². The monoisotopic (exact) mass is 314 g/mol. The zero-order valence-electron chi connectivity index (χ0n) is 11.7. The van der Waals surface area contributed by atoms with Gasteiger partial charge in [0.15, 0.2) is 0 Å². The van der Waals surface area contributed by atoms with Crippen LogP contribution in [0.2, 0.25) is 0 Å². The minimum absolute atomic E-state index is 0.104. The minimum atomic E-state index is -1.21. The molecule has 4 unspecified atom stereocenters. The lowest BCUT2D eigenvalue weighted by Crippen LogP contribution is -2.49.